The van der Waals surface area contributed by atoms with Gasteiger partial charge in [0.25, 0.3) is 0 Å². The number of hydrogen-bond acceptors (Lipinski definition) is 7. The summed E-state index contributed by atoms with van der Waals surface area (Å²) in [7, 11) is -1.66. The largest absolute Gasteiger partial charge is 0.457 e. The molecule has 1 saturated carbocycles. The van der Waals surface area contributed by atoms with Crippen molar-refractivity contribution >= 4 is 21.6 Å². The number of rotatable bonds is 12. The van der Waals surface area contributed by atoms with Crippen molar-refractivity contribution in [2.75, 3.05) is 37.8 Å². The second kappa shape index (κ2) is 14.1. The lowest BCUT2D eigenvalue weighted by Gasteiger charge is -2.34. The Hall–Kier alpha value is -2.66. The lowest BCUT2D eigenvalue weighted by atomic mass is 9.95. The van der Waals surface area contributed by atoms with E-state index in [2.05, 4.69) is 32.4 Å². The van der Waals surface area contributed by atoms with E-state index in [1.165, 1.54) is 24.8 Å². The molecule has 1 unspecified atom stereocenters. The third-order valence-electron chi connectivity index (χ3n) is 7.35. The summed E-state index contributed by atoms with van der Waals surface area (Å²) in [5.74, 6) is 1.42. The van der Waals surface area contributed by atoms with E-state index in [0.29, 0.717) is 30.1 Å². The van der Waals surface area contributed by atoms with E-state index in [9.17, 15) is 13.2 Å². The zero-order valence-electron chi connectivity index (χ0n) is 23.0. The summed E-state index contributed by atoms with van der Waals surface area (Å²) in [4.78, 5) is 15.3. The molecule has 9 nitrogen and oxygen atoms in total. The second-order valence-corrected chi connectivity index (χ2v) is 12.5. The summed E-state index contributed by atoms with van der Waals surface area (Å²) in [6.07, 6.45) is 8.92. The highest BCUT2D eigenvalue weighted by atomic mass is 32.2. The van der Waals surface area contributed by atoms with Gasteiger partial charge in [-0.1, -0.05) is 31.4 Å². The van der Waals surface area contributed by atoms with E-state index in [4.69, 9.17) is 9.47 Å². The third kappa shape index (κ3) is 9.79. The molecule has 2 aromatic carbocycles. The highest BCUT2D eigenvalue weighted by Crippen LogP contribution is 2.24. The summed E-state index contributed by atoms with van der Waals surface area (Å²) in [6.45, 7) is 3.18. The van der Waals surface area contributed by atoms with Crippen LogP contribution < -0.4 is 20.1 Å². The number of piperidine rings is 1. The predicted octanol–water partition coefficient (Wildman–Crippen LogP) is 3.87. The number of amides is 1. The summed E-state index contributed by atoms with van der Waals surface area (Å²) in [5, 5.41) is 6.80. The Labute approximate surface area is 232 Å². The van der Waals surface area contributed by atoms with Gasteiger partial charge < -0.3 is 20.1 Å². The Morgan fingerprint density at radius 3 is 2.13 bits per heavy atom. The highest BCUT2D eigenvalue weighted by molar-refractivity contribution is 7.92. The number of carbonyl (C=O) groups excluding carboxylic acids is 1. The molecule has 2 fully saturated rings. The number of nitrogens with one attached hydrogen (secondary N) is 3. The van der Waals surface area contributed by atoms with E-state index >= 15 is 0 Å². The SMILES string of the molecule is COCC(NC1CCN(Cc2ccc(Oc3ccc(NS(C)(=O)=O)cc3)cc2)CC1)C(=O)NC1CCCCC1. The molecule has 0 radical (unpaired) electrons. The standard InChI is InChI=1S/C29H42N4O5S/c1-37-21-28(29(34)31-23-6-4-3-5-7-23)30-24-16-18-33(19-17-24)20-22-8-12-26(13-9-22)38-27-14-10-25(11-15-27)32-39(2,35)36/h8-15,23-24,28,30,32H,3-7,16-21H2,1-2H3,(H,31,34). The number of nitrogens with zero attached hydrogens (tertiary/aromatic N) is 1. The summed E-state index contributed by atoms with van der Waals surface area (Å²) >= 11 is 0. The van der Waals surface area contributed by atoms with Gasteiger partial charge in [-0.15, -0.1) is 0 Å². The van der Waals surface area contributed by atoms with Crippen molar-refractivity contribution in [3.63, 3.8) is 0 Å². The van der Waals surface area contributed by atoms with Gasteiger partial charge in [-0.05, 0) is 80.7 Å². The fourth-order valence-electron chi connectivity index (χ4n) is 5.32. The number of likely N-dealkylation sites (tertiary alicyclic amines) is 1. The molecule has 214 valence electrons. The molecular weight excluding hydrogens is 516 g/mol. The zero-order valence-corrected chi connectivity index (χ0v) is 23.8. The molecule has 1 heterocycles. The molecular formula is C29H42N4O5S. The first-order valence-electron chi connectivity index (χ1n) is 13.9. The van der Waals surface area contributed by atoms with Crippen LogP contribution in [0.15, 0.2) is 48.5 Å². The minimum Gasteiger partial charge on any atom is -0.457 e. The zero-order chi connectivity index (χ0) is 27.7. The molecule has 0 bridgehead atoms. The smallest absolute Gasteiger partial charge is 0.239 e. The predicted molar refractivity (Wildman–Crippen MR) is 154 cm³/mol. The molecule has 1 aliphatic carbocycles. The van der Waals surface area contributed by atoms with Crippen molar-refractivity contribution < 1.29 is 22.7 Å². The Balaban J connectivity index is 1.20. The average molecular weight is 559 g/mol. The summed E-state index contributed by atoms with van der Waals surface area (Å²) < 4.78 is 36.4. The van der Waals surface area contributed by atoms with Crippen molar-refractivity contribution in [2.24, 2.45) is 0 Å². The maximum Gasteiger partial charge on any atom is 0.239 e. The fraction of sp³-hybridized carbons (Fsp3) is 0.552. The Bertz CT molecular complexity index is 1140. The first-order valence-corrected chi connectivity index (χ1v) is 15.8. The van der Waals surface area contributed by atoms with Crippen LogP contribution in [0.25, 0.3) is 0 Å². The van der Waals surface area contributed by atoms with Gasteiger partial charge in [0, 0.05) is 31.4 Å². The van der Waals surface area contributed by atoms with Gasteiger partial charge >= 0.3 is 0 Å². The molecule has 1 atom stereocenters. The van der Waals surface area contributed by atoms with Crippen LogP contribution in [0.5, 0.6) is 11.5 Å². The first kappa shape index (κ1) is 29.3. The van der Waals surface area contributed by atoms with E-state index in [-0.39, 0.29) is 11.9 Å². The van der Waals surface area contributed by atoms with Crippen molar-refractivity contribution in [1.82, 2.24) is 15.5 Å². The van der Waals surface area contributed by atoms with Crippen molar-refractivity contribution in [3.05, 3.63) is 54.1 Å². The van der Waals surface area contributed by atoms with E-state index < -0.39 is 10.0 Å². The van der Waals surface area contributed by atoms with Crippen LogP contribution in [0.4, 0.5) is 5.69 Å². The average Bonchev–Trinajstić information content (AvgIpc) is 2.91. The number of sulfonamides is 1. The lowest BCUT2D eigenvalue weighted by Crippen LogP contribution is -2.55. The van der Waals surface area contributed by atoms with E-state index in [0.717, 1.165) is 57.3 Å². The summed E-state index contributed by atoms with van der Waals surface area (Å²) in [6, 6.07) is 15.1. The van der Waals surface area contributed by atoms with E-state index in [1.54, 1.807) is 31.4 Å². The molecule has 1 saturated heterocycles. The number of carbonyl (C=O) groups is 1. The fourth-order valence-corrected chi connectivity index (χ4v) is 5.88. The highest BCUT2D eigenvalue weighted by Gasteiger charge is 2.27. The Morgan fingerprint density at radius 2 is 1.54 bits per heavy atom. The van der Waals surface area contributed by atoms with Gasteiger partial charge in [-0.25, -0.2) is 8.42 Å². The number of anilines is 1. The monoisotopic (exact) mass is 558 g/mol. The molecule has 0 aromatic heterocycles. The maximum atomic E-state index is 12.9. The van der Waals surface area contributed by atoms with Crippen LogP contribution in [0, 0.1) is 0 Å². The Kier molecular flexibility index (Phi) is 10.6. The summed E-state index contributed by atoms with van der Waals surface area (Å²) in [5.41, 5.74) is 1.71. The minimum absolute atomic E-state index is 0.0648. The van der Waals surface area contributed by atoms with Crippen molar-refractivity contribution in [3.8, 4) is 11.5 Å². The van der Waals surface area contributed by atoms with Gasteiger partial charge in [-0.3, -0.25) is 14.4 Å². The third-order valence-corrected chi connectivity index (χ3v) is 7.96. The lowest BCUT2D eigenvalue weighted by molar-refractivity contribution is -0.125. The van der Waals surface area contributed by atoms with Gasteiger partial charge in [0.1, 0.15) is 17.5 Å². The number of ether oxygens (including phenoxy) is 2. The van der Waals surface area contributed by atoms with Crippen LogP contribution in [-0.2, 0) is 26.1 Å². The molecule has 1 amide bonds. The Morgan fingerprint density at radius 1 is 0.923 bits per heavy atom. The van der Waals surface area contributed by atoms with Crippen LogP contribution >= 0.6 is 0 Å². The molecule has 39 heavy (non-hydrogen) atoms. The van der Waals surface area contributed by atoms with Crippen LogP contribution in [-0.4, -0.2) is 70.4 Å². The van der Waals surface area contributed by atoms with Crippen LogP contribution in [0.1, 0.15) is 50.5 Å². The normalized spacial score (nSPS) is 18.4. The topological polar surface area (TPSA) is 109 Å². The van der Waals surface area contributed by atoms with Crippen molar-refractivity contribution in [1.29, 1.82) is 0 Å². The van der Waals surface area contributed by atoms with Gasteiger partial charge in [0.15, 0.2) is 0 Å². The molecule has 4 rings (SSSR count). The second-order valence-electron chi connectivity index (χ2n) is 10.7. The quantitative estimate of drug-likeness (QED) is 0.363. The molecule has 2 aliphatic rings. The molecule has 3 N–H and O–H groups in total. The van der Waals surface area contributed by atoms with E-state index in [1.807, 2.05) is 12.1 Å². The molecule has 0 spiro atoms. The molecule has 2 aromatic rings. The number of methoxy groups -OCH3 is 1. The van der Waals surface area contributed by atoms with Crippen LogP contribution in [0.2, 0.25) is 0 Å². The first-order chi connectivity index (χ1) is 18.8. The van der Waals surface area contributed by atoms with Gasteiger partial charge in [-0.2, -0.15) is 0 Å². The van der Waals surface area contributed by atoms with Crippen LogP contribution in [0.3, 0.4) is 0 Å². The molecule has 10 heteroatoms. The van der Waals surface area contributed by atoms with Gasteiger partial charge in [0.05, 0.1) is 12.9 Å². The number of hydrogen-bond donors (Lipinski definition) is 3. The van der Waals surface area contributed by atoms with Gasteiger partial charge in [0.2, 0.25) is 15.9 Å². The van der Waals surface area contributed by atoms with Crippen molar-refractivity contribution in [2.45, 2.75) is 69.6 Å². The number of benzene rings is 2. The molecule has 1 aliphatic heterocycles. The maximum absolute atomic E-state index is 12.9. The minimum atomic E-state index is -3.31.